The van der Waals surface area contributed by atoms with Crippen LogP contribution in [-0.4, -0.2) is 30.6 Å². The molecule has 0 aromatic heterocycles. The Bertz CT molecular complexity index is 423. The molecule has 4 heteroatoms. The molecule has 0 amide bonds. The van der Waals surface area contributed by atoms with Crippen LogP contribution in [0.3, 0.4) is 0 Å². The second-order valence-corrected chi connectivity index (χ2v) is 6.47. The van der Waals surface area contributed by atoms with Gasteiger partial charge in [-0.15, -0.1) is 0 Å². The van der Waals surface area contributed by atoms with E-state index in [0.717, 1.165) is 19.1 Å². The first kappa shape index (κ1) is 16.1. The van der Waals surface area contributed by atoms with Crippen molar-refractivity contribution in [2.75, 3.05) is 19.6 Å². The van der Waals surface area contributed by atoms with Crippen molar-refractivity contribution in [2.45, 2.75) is 45.2 Å². The SMILES string of the molecule is CC1CCCCN1CCCNCc1ccc(Cl)c(Cl)c1. The van der Waals surface area contributed by atoms with Crippen LogP contribution >= 0.6 is 23.2 Å². The van der Waals surface area contributed by atoms with Crippen LogP contribution < -0.4 is 5.32 Å². The van der Waals surface area contributed by atoms with Crippen molar-refractivity contribution >= 4 is 23.2 Å². The molecule has 0 saturated carbocycles. The van der Waals surface area contributed by atoms with E-state index in [2.05, 4.69) is 17.1 Å². The van der Waals surface area contributed by atoms with Gasteiger partial charge in [-0.05, 0) is 63.5 Å². The summed E-state index contributed by atoms with van der Waals surface area (Å²) < 4.78 is 0. The zero-order chi connectivity index (χ0) is 14.4. The minimum atomic E-state index is 0.620. The quantitative estimate of drug-likeness (QED) is 0.785. The van der Waals surface area contributed by atoms with E-state index in [9.17, 15) is 0 Å². The summed E-state index contributed by atoms with van der Waals surface area (Å²) >= 11 is 11.9. The Morgan fingerprint density at radius 1 is 1.25 bits per heavy atom. The van der Waals surface area contributed by atoms with Gasteiger partial charge >= 0.3 is 0 Å². The fraction of sp³-hybridized carbons (Fsp3) is 0.625. The molecular formula is C16H24Cl2N2. The molecule has 1 saturated heterocycles. The van der Waals surface area contributed by atoms with Gasteiger partial charge in [0.05, 0.1) is 10.0 Å². The van der Waals surface area contributed by atoms with Crippen LogP contribution in [0.25, 0.3) is 0 Å². The molecule has 0 aliphatic carbocycles. The molecule has 0 spiro atoms. The number of piperidine rings is 1. The van der Waals surface area contributed by atoms with Crippen molar-refractivity contribution in [3.05, 3.63) is 33.8 Å². The molecule has 0 bridgehead atoms. The summed E-state index contributed by atoms with van der Waals surface area (Å²) in [5, 5.41) is 4.73. The Morgan fingerprint density at radius 3 is 2.85 bits per heavy atom. The number of nitrogens with zero attached hydrogens (tertiary/aromatic N) is 1. The summed E-state index contributed by atoms with van der Waals surface area (Å²) in [5.41, 5.74) is 1.19. The number of likely N-dealkylation sites (tertiary alicyclic amines) is 1. The monoisotopic (exact) mass is 314 g/mol. The summed E-state index contributed by atoms with van der Waals surface area (Å²) in [5.74, 6) is 0. The van der Waals surface area contributed by atoms with Gasteiger partial charge in [-0.2, -0.15) is 0 Å². The topological polar surface area (TPSA) is 15.3 Å². The predicted molar refractivity (Wildman–Crippen MR) is 87.7 cm³/mol. The Labute approximate surface area is 132 Å². The lowest BCUT2D eigenvalue weighted by Gasteiger charge is -2.33. The summed E-state index contributed by atoms with van der Waals surface area (Å²) in [4.78, 5) is 2.62. The third-order valence-electron chi connectivity index (χ3n) is 4.05. The van der Waals surface area contributed by atoms with Crippen molar-refractivity contribution in [3.8, 4) is 0 Å². The third kappa shape index (κ3) is 4.92. The Hall–Kier alpha value is -0.280. The molecule has 1 heterocycles. The number of benzene rings is 1. The highest BCUT2D eigenvalue weighted by molar-refractivity contribution is 6.42. The van der Waals surface area contributed by atoms with Crippen molar-refractivity contribution in [1.29, 1.82) is 0 Å². The number of hydrogen-bond acceptors (Lipinski definition) is 2. The van der Waals surface area contributed by atoms with E-state index >= 15 is 0 Å². The Balaban J connectivity index is 1.62. The average molecular weight is 315 g/mol. The zero-order valence-electron chi connectivity index (χ0n) is 12.2. The van der Waals surface area contributed by atoms with Crippen molar-refractivity contribution in [3.63, 3.8) is 0 Å². The maximum absolute atomic E-state index is 6.01. The summed E-state index contributed by atoms with van der Waals surface area (Å²) in [6, 6.07) is 6.58. The third-order valence-corrected chi connectivity index (χ3v) is 4.79. The minimum Gasteiger partial charge on any atom is -0.313 e. The van der Waals surface area contributed by atoms with Gasteiger partial charge in [-0.3, -0.25) is 0 Å². The van der Waals surface area contributed by atoms with Crippen LogP contribution in [0.15, 0.2) is 18.2 Å². The first-order valence-electron chi connectivity index (χ1n) is 7.55. The van der Waals surface area contributed by atoms with Crippen molar-refractivity contribution in [2.24, 2.45) is 0 Å². The van der Waals surface area contributed by atoms with Crippen LogP contribution in [0.5, 0.6) is 0 Å². The van der Waals surface area contributed by atoms with E-state index in [1.807, 2.05) is 18.2 Å². The van der Waals surface area contributed by atoms with E-state index < -0.39 is 0 Å². The predicted octanol–water partition coefficient (Wildman–Crippen LogP) is 4.35. The van der Waals surface area contributed by atoms with Crippen LogP contribution in [0.2, 0.25) is 10.0 Å². The molecule has 0 radical (unpaired) electrons. The van der Waals surface area contributed by atoms with E-state index in [4.69, 9.17) is 23.2 Å². The number of hydrogen-bond donors (Lipinski definition) is 1. The van der Waals surface area contributed by atoms with Gasteiger partial charge in [0.25, 0.3) is 0 Å². The van der Waals surface area contributed by atoms with E-state index in [-0.39, 0.29) is 0 Å². The molecule has 112 valence electrons. The van der Waals surface area contributed by atoms with Gasteiger partial charge in [0.15, 0.2) is 0 Å². The lowest BCUT2D eigenvalue weighted by atomic mass is 10.0. The van der Waals surface area contributed by atoms with Gasteiger partial charge in [-0.1, -0.05) is 35.7 Å². The molecule has 2 rings (SSSR count). The summed E-state index contributed by atoms with van der Waals surface area (Å²) in [6.07, 6.45) is 5.32. The van der Waals surface area contributed by atoms with Gasteiger partial charge < -0.3 is 10.2 Å². The summed E-state index contributed by atoms with van der Waals surface area (Å²) in [6.45, 7) is 6.72. The van der Waals surface area contributed by atoms with Crippen LogP contribution in [-0.2, 0) is 6.54 Å². The molecule has 1 atom stereocenters. The Morgan fingerprint density at radius 2 is 2.10 bits per heavy atom. The van der Waals surface area contributed by atoms with E-state index in [1.54, 1.807) is 0 Å². The highest BCUT2D eigenvalue weighted by Crippen LogP contribution is 2.22. The first-order chi connectivity index (χ1) is 9.66. The smallest absolute Gasteiger partial charge is 0.0595 e. The molecule has 1 N–H and O–H groups in total. The summed E-state index contributed by atoms with van der Waals surface area (Å²) in [7, 11) is 0. The lowest BCUT2D eigenvalue weighted by Crippen LogP contribution is -2.38. The van der Waals surface area contributed by atoms with Crippen LogP contribution in [0.4, 0.5) is 0 Å². The van der Waals surface area contributed by atoms with Crippen molar-refractivity contribution < 1.29 is 0 Å². The maximum atomic E-state index is 6.01. The fourth-order valence-corrected chi connectivity index (χ4v) is 3.10. The van der Waals surface area contributed by atoms with E-state index in [0.29, 0.717) is 10.0 Å². The molecule has 1 unspecified atom stereocenters. The van der Waals surface area contributed by atoms with E-state index in [1.165, 1.54) is 44.3 Å². The first-order valence-corrected chi connectivity index (χ1v) is 8.31. The molecule has 1 aromatic rings. The number of rotatable bonds is 6. The highest BCUT2D eigenvalue weighted by Gasteiger charge is 2.16. The molecule has 1 fully saturated rings. The second kappa shape index (κ2) is 8.23. The molecular weight excluding hydrogens is 291 g/mol. The van der Waals surface area contributed by atoms with Gasteiger partial charge in [0, 0.05) is 12.6 Å². The van der Waals surface area contributed by atoms with Gasteiger partial charge in [-0.25, -0.2) is 0 Å². The lowest BCUT2D eigenvalue weighted by molar-refractivity contribution is 0.159. The Kier molecular flexibility index (Phi) is 6.63. The van der Waals surface area contributed by atoms with Crippen molar-refractivity contribution in [1.82, 2.24) is 10.2 Å². The van der Waals surface area contributed by atoms with Gasteiger partial charge in [0.2, 0.25) is 0 Å². The minimum absolute atomic E-state index is 0.620. The maximum Gasteiger partial charge on any atom is 0.0595 e. The molecule has 1 aromatic carbocycles. The highest BCUT2D eigenvalue weighted by atomic mass is 35.5. The molecule has 1 aliphatic heterocycles. The van der Waals surface area contributed by atoms with Crippen LogP contribution in [0, 0.1) is 0 Å². The van der Waals surface area contributed by atoms with Crippen LogP contribution in [0.1, 0.15) is 38.2 Å². The molecule has 20 heavy (non-hydrogen) atoms. The average Bonchev–Trinajstić information content (AvgIpc) is 2.44. The zero-order valence-corrected chi connectivity index (χ0v) is 13.7. The normalized spacial score (nSPS) is 20.2. The second-order valence-electron chi connectivity index (χ2n) is 5.66. The molecule has 2 nitrogen and oxygen atoms in total. The standard InChI is InChI=1S/C16H24Cl2N2/c1-13-5-2-3-9-20(13)10-4-8-19-12-14-6-7-15(17)16(18)11-14/h6-7,11,13,19H,2-5,8-10,12H2,1H3. The van der Waals surface area contributed by atoms with Gasteiger partial charge in [0.1, 0.15) is 0 Å². The fourth-order valence-electron chi connectivity index (χ4n) is 2.78. The number of halogens is 2. The number of nitrogens with one attached hydrogen (secondary N) is 1. The largest absolute Gasteiger partial charge is 0.313 e. The molecule has 1 aliphatic rings.